The van der Waals surface area contributed by atoms with Gasteiger partial charge in [0.05, 0.1) is 0 Å². The second kappa shape index (κ2) is 8.94. The Labute approximate surface area is 152 Å². The van der Waals surface area contributed by atoms with Crippen molar-refractivity contribution in [3.63, 3.8) is 0 Å². The maximum Gasteiger partial charge on any atom is 0.251 e. The molecule has 2 amide bonds. The summed E-state index contributed by atoms with van der Waals surface area (Å²) in [6.45, 7) is 4.06. The molecule has 0 saturated carbocycles. The number of benzene rings is 2. The molecule has 0 aliphatic heterocycles. The van der Waals surface area contributed by atoms with Crippen LogP contribution in [0.2, 0.25) is 0 Å². The monoisotopic (exact) mass is 355 g/mol. The lowest BCUT2D eigenvalue weighted by Crippen LogP contribution is -2.36. The van der Waals surface area contributed by atoms with Gasteiger partial charge in [0.2, 0.25) is 5.91 Å². The number of rotatable bonds is 5. The molecule has 6 heteroatoms. The van der Waals surface area contributed by atoms with Crippen LogP contribution in [0, 0.1) is 5.92 Å². The van der Waals surface area contributed by atoms with Gasteiger partial charge in [0, 0.05) is 23.7 Å². The summed E-state index contributed by atoms with van der Waals surface area (Å²) in [4.78, 5) is 23.7. The summed E-state index contributed by atoms with van der Waals surface area (Å²) in [5.41, 5.74) is 2.30. The zero-order chi connectivity index (χ0) is 18.2. The van der Waals surface area contributed by atoms with Gasteiger partial charge in [-0.05, 0) is 42.0 Å². The predicted molar refractivity (Wildman–Crippen MR) is 103 cm³/mol. The van der Waals surface area contributed by atoms with E-state index >= 15 is 0 Å². The van der Waals surface area contributed by atoms with Gasteiger partial charge in [-0.3, -0.25) is 9.59 Å². The Bertz CT molecular complexity index is 743. The molecule has 5 nitrogen and oxygen atoms in total. The Hall–Kier alpha value is -2.73. The summed E-state index contributed by atoms with van der Waals surface area (Å²) in [6, 6.07) is 16.6. The molecule has 25 heavy (non-hydrogen) atoms. The maximum absolute atomic E-state index is 12.2. The topological polar surface area (TPSA) is 70.2 Å². The second-order valence-corrected chi connectivity index (χ2v) is 6.25. The molecule has 0 bridgehead atoms. The summed E-state index contributed by atoms with van der Waals surface area (Å²) >= 11 is 5.09. The lowest BCUT2D eigenvalue weighted by molar-refractivity contribution is -0.122. The number of carbonyl (C=O) groups is 2. The van der Waals surface area contributed by atoms with Crippen LogP contribution in [-0.2, 0) is 11.3 Å². The fraction of sp³-hybridized carbons (Fsp3) is 0.211. The highest BCUT2D eigenvalue weighted by Gasteiger charge is 2.09. The summed E-state index contributed by atoms with van der Waals surface area (Å²) < 4.78 is 0. The third-order valence-electron chi connectivity index (χ3n) is 3.46. The van der Waals surface area contributed by atoms with Gasteiger partial charge in [0.15, 0.2) is 5.11 Å². The van der Waals surface area contributed by atoms with Crippen molar-refractivity contribution in [2.24, 2.45) is 5.92 Å². The fourth-order valence-corrected chi connectivity index (χ4v) is 2.22. The van der Waals surface area contributed by atoms with Crippen molar-refractivity contribution in [1.82, 2.24) is 10.6 Å². The number of hydrogen-bond donors (Lipinski definition) is 3. The fourth-order valence-electron chi connectivity index (χ4n) is 2.00. The lowest BCUT2D eigenvalue weighted by Gasteiger charge is -2.11. The average molecular weight is 355 g/mol. The number of amides is 2. The molecule has 130 valence electrons. The minimum Gasteiger partial charge on any atom is -0.348 e. The number of thiocarbonyl (C=S) groups is 1. The highest BCUT2D eigenvalue weighted by atomic mass is 32.1. The van der Waals surface area contributed by atoms with Crippen molar-refractivity contribution in [2.45, 2.75) is 20.4 Å². The van der Waals surface area contributed by atoms with E-state index in [4.69, 9.17) is 12.2 Å². The van der Waals surface area contributed by atoms with Crippen molar-refractivity contribution in [2.75, 3.05) is 5.32 Å². The molecule has 0 spiro atoms. The molecule has 2 aromatic carbocycles. The molecule has 0 atom stereocenters. The lowest BCUT2D eigenvalue weighted by atomic mass is 10.2. The van der Waals surface area contributed by atoms with Crippen LogP contribution in [0.15, 0.2) is 54.6 Å². The summed E-state index contributed by atoms with van der Waals surface area (Å²) in [5, 5.41) is 8.63. The van der Waals surface area contributed by atoms with E-state index in [1.807, 2.05) is 30.3 Å². The normalized spacial score (nSPS) is 10.2. The van der Waals surface area contributed by atoms with Crippen LogP contribution in [0.1, 0.15) is 29.8 Å². The van der Waals surface area contributed by atoms with E-state index in [0.29, 0.717) is 17.8 Å². The molecule has 0 aromatic heterocycles. The van der Waals surface area contributed by atoms with E-state index in [1.165, 1.54) is 0 Å². The Morgan fingerprint density at radius 2 is 1.64 bits per heavy atom. The molecule has 0 aliphatic rings. The van der Waals surface area contributed by atoms with Crippen LogP contribution in [0.4, 0.5) is 5.69 Å². The molecular formula is C19H21N3O2S. The standard InChI is InChI=1S/C19H21N3O2S/c1-13(2)17(23)22-19(25)21-16-10-8-15(9-11-16)18(24)20-12-14-6-4-3-5-7-14/h3-11,13H,12H2,1-2H3,(H,20,24)(H2,21,22,23,25). The van der Waals surface area contributed by atoms with Crippen molar-refractivity contribution < 1.29 is 9.59 Å². The van der Waals surface area contributed by atoms with Gasteiger partial charge in [-0.2, -0.15) is 0 Å². The molecule has 0 heterocycles. The first kappa shape index (κ1) is 18.6. The highest BCUT2D eigenvalue weighted by Crippen LogP contribution is 2.10. The first-order valence-electron chi connectivity index (χ1n) is 7.99. The van der Waals surface area contributed by atoms with Crippen molar-refractivity contribution in [3.05, 3.63) is 65.7 Å². The Balaban J connectivity index is 1.87. The molecule has 0 fully saturated rings. The molecule has 2 aromatic rings. The van der Waals surface area contributed by atoms with E-state index in [1.54, 1.807) is 38.1 Å². The third kappa shape index (κ3) is 6.00. The van der Waals surface area contributed by atoms with Gasteiger partial charge < -0.3 is 16.0 Å². The second-order valence-electron chi connectivity index (χ2n) is 5.84. The Morgan fingerprint density at radius 1 is 1.00 bits per heavy atom. The molecule has 0 aliphatic carbocycles. The van der Waals surface area contributed by atoms with E-state index in [9.17, 15) is 9.59 Å². The molecular weight excluding hydrogens is 334 g/mol. The van der Waals surface area contributed by atoms with Crippen LogP contribution < -0.4 is 16.0 Å². The average Bonchev–Trinajstić information content (AvgIpc) is 2.61. The summed E-state index contributed by atoms with van der Waals surface area (Å²) in [6.07, 6.45) is 0. The Kier molecular flexibility index (Phi) is 6.65. The van der Waals surface area contributed by atoms with Gasteiger partial charge in [0.25, 0.3) is 5.91 Å². The van der Waals surface area contributed by atoms with E-state index in [0.717, 1.165) is 5.56 Å². The smallest absolute Gasteiger partial charge is 0.251 e. The largest absolute Gasteiger partial charge is 0.348 e. The van der Waals surface area contributed by atoms with Crippen LogP contribution in [-0.4, -0.2) is 16.9 Å². The predicted octanol–water partition coefficient (Wildman–Crippen LogP) is 3.09. The molecule has 0 radical (unpaired) electrons. The molecule has 0 unspecified atom stereocenters. The van der Waals surface area contributed by atoms with Gasteiger partial charge in [-0.15, -0.1) is 0 Å². The third-order valence-corrected chi connectivity index (χ3v) is 3.67. The summed E-state index contributed by atoms with van der Waals surface area (Å²) in [7, 11) is 0. The van der Waals surface area contributed by atoms with Gasteiger partial charge in [-0.1, -0.05) is 44.2 Å². The van der Waals surface area contributed by atoms with E-state index < -0.39 is 0 Å². The minimum absolute atomic E-state index is 0.143. The minimum atomic E-state index is -0.147. The highest BCUT2D eigenvalue weighted by molar-refractivity contribution is 7.80. The van der Waals surface area contributed by atoms with Crippen LogP contribution in [0.25, 0.3) is 0 Å². The van der Waals surface area contributed by atoms with Crippen molar-refractivity contribution in [3.8, 4) is 0 Å². The van der Waals surface area contributed by atoms with E-state index in [2.05, 4.69) is 16.0 Å². The number of nitrogens with one attached hydrogen (secondary N) is 3. The molecule has 0 saturated heterocycles. The summed E-state index contributed by atoms with van der Waals surface area (Å²) in [5.74, 6) is -0.434. The zero-order valence-electron chi connectivity index (χ0n) is 14.2. The maximum atomic E-state index is 12.2. The number of anilines is 1. The van der Waals surface area contributed by atoms with Crippen LogP contribution >= 0.6 is 12.2 Å². The Morgan fingerprint density at radius 3 is 2.24 bits per heavy atom. The SMILES string of the molecule is CC(C)C(=O)NC(=S)Nc1ccc(C(=O)NCc2ccccc2)cc1. The molecule has 2 rings (SSSR count). The van der Waals surface area contributed by atoms with Crippen molar-refractivity contribution in [1.29, 1.82) is 0 Å². The van der Waals surface area contributed by atoms with Gasteiger partial charge in [0.1, 0.15) is 0 Å². The van der Waals surface area contributed by atoms with Crippen LogP contribution in [0.3, 0.4) is 0 Å². The quantitative estimate of drug-likeness (QED) is 0.721. The first-order valence-corrected chi connectivity index (χ1v) is 8.40. The number of carbonyl (C=O) groups excluding carboxylic acids is 2. The van der Waals surface area contributed by atoms with Gasteiger partial charge in [-0.25, -0.2) is 0 Å². The first-order chi connectivity index (χ1) is 12.0. The molecule has 3 N–H and O–H groups in total. The van der Waals surface area contributed by atoms with Crippen molar-refractivity contribution >= 4 is 34.8 Å². The van der Waals surface area contributed by atoms with Crippen LogP contribution in [0.5, 0.6) is 0 Å². The number of hydrogen-bond acceptors (Lipinski definition) is 3. The van der Waals surface area contributed by atoms with E-state index in [-0.39, 0.29) is 22.8 Å². The zero-order valence-corrected chi connectivity index (χ0v) is 15.0. The van der Waals surface area contributed by atoms with Gasteiger partial charge >= 0.3 is 0 Å².